The zero-order valence-electron chi connectivity index (χ0n) is 12.4. The van der Waals surface area contributed by atoms with E-state index in [9.17, 15) is 0 Å². The molecule has 2 aliphatic heterocycles. The van der Waals surface area contributed by atoms with E-state index in [2.05, 4.69) is 27.0 Å². The second kappa shape index (κ2) is 5.36. The van der Waals surface area contributed by atoms with Gasteiger partial charge in [-0.15, -0.1) is 5.10 Å². The molecule has 0 N–H and O–H groups in total. The van der Waals surface area contributed by atoms with Gasteiger partial charge in [-0.2, -0.15) is 0 Å². The lowest BCUT2D eigenvalue weighted by Gasteiger charge is -2.12. The lowest BCUT2D eigenvalue weighted by atomic mass is 10.1. The third-order valence-corrected chi connectivity index (χ3v) is 4.00. The number of fused-ring (bicyclic) bond motifs is 3. The molecule has 22 heavy (non-hydrogen) atoms. The van der Waals surface area contributed by atoms with Crippen molar-refractivity contribution in [1.82, 2.24) is 14.8 Å². The molecule has 2 aliphatic rings. The SMILES string of the molecule is CCC1CC(c2nc3n(n2)-c2ccccc2OCC3)=NC=N1. The number of hydrogen-bond donors (Lipinski definition) is 0. The summed E-state index contributed by atoms with van der Waals surface area (Å²) in [6.07, 6.45) is 4.17. The van der Waals surface area contributed by atoms with Crippen LogP contribution in [0.4, 0.5) is 0 Å². The smallest absolute Gasteiger partial charge is 0.196 e. The van der Waals surface area contributed by atoms with Crippen molar-refractivity contribution in [3.8, 4) is 11.4 Å². The Balaban J connectivity index is 1.76. The zero-order chi connectivity index (χ0) is 14.9. The number of aliphatic imine (C=N–C) groups is 2. The quantitative estimate of drug-likeness (QED) is 0.853. The van der Waals surface area contributed by atoms with E-state index in [0.29, 0.717) is 12.4 Å². The lowest BCUT2D eigenvalue weighted by Crippen LogP contribution is -2.17. The maximum atomic E-state index is 5.76. The first kappa shape index (κ1) is 13.2. The summed E-state index contributed by atoms with van der Waals surface area (Å²) < 4.78 is 7.64. The van der Waals surface area contributed by atoms with Gasteiger partial charge < -0.3 is 4.74 Å². The minimum Gasteiger partial charge on any atom is -0.491 e. The summed E-state index contributed by atoms with van der Waals surface area (Å²) in [5.41, 5.74) is 1.85. The molecule has 0 bridgehead atoms. The zero-order valence-corrected chi connectivity index (χ0v) is 12.4. The normalized spacial score (nSPS) is 19.7. The molecule has 6 heteroatoms. The fourth-order valence-electron chi connectivity index (χ4n) is 2.75. The highest BCUT2D eigenvalue weighted by Crippen LogP contribution is 2.26. The van der Waals surface area contributed by atoms with Gasteiger partial charge >= 0.3 is 0 Å². The van der Waals surface area contributed by atoms with Crippen molar-refractivity contribution in [2.75, 3.05) is 6.61 Å². The molecular formula is C16H17N5O. The van der Waals surface area contributed by atoms with Gasteiger partial charge in [-0.3, -0.25) is 4.99 Å². The average molecular weight is 295 g/mol. The van der Waals surface area contributed by atoms with Crippen molar-refractivity contribution in [2.45, 2.75) is 32.2 Å². The van der Waals surface area contributed by atoms with E-state index in [0.717, 1.165) is 42.2 Å². The molecule has 0 fully saturated rings. The van der Waals surface area contributed by atoms with E-state index >= 15 is 0 Å². The van der Waals surface area contributed by atoms with Crippen LogP contribution >= 0.6 is 0 Å². The van der Waals surface area contributed by atoms with Crippen molar-refractivity contribution in [1.29, 1.82) is 0 Å². The largest absolute Gasteiger partial charge is 0.491 e. The summed E-state index contributed by atoms with van der Waals surface area (Å²) in [7, 11) is 0. The van der Waals surface area contributed by atoms with Gasteiger partial charge in [0.15, 0.2) is 5.82 Å². The number of para-hydroxylation sites is 2. The Morgan fingerprint density at radius 2 is 2.23 bits per heavy atom. The Bertz CT molecular complexity index is 762. The molecule has 0 saturated heterocycles. The first-order valence-electron chi connectivity index (χ1n) is 7.62. The standard InChI is InChI=1S/C16H17N5O/c1-2-11-9-12(18-10-17-11)16-19-15-7-8-22-14-6-4-3-5-13(14)21(15)20-16/h3-6,10-11H,2,7-9H2,1H3. The highest BCUT2D eigenvalue weighted by molar-refractivity contribution is 6.02. The van der Waals surface area contributed by atoms with E-state index in [-0.39, 0.29) is 6.04 Å². The highest BCUT2D eigenvalue weighted by Gasteiger charge is 2.23. The van der Waals surface area contributed by atoms with Crippen molar-refractivity contribution in [2.24, 2.45) is 9.98 Å². The van der Waals surface area contributed by atoms with Gasteiger partial charge in [0, 0.05) is 12.8 Å². The van der Waals surface area contributed by atoms with Crippen LogP contribution in [0, 0.1) is 0 Å². The van der Waals surface area contributed by atoms with Gasteiger partial charge in [-0.1, -0.05) is 19.1 Å². The van der Waals surface area contributed by atoms with Crippen molar-refractivity contribution >= 4 is 12.1 Å². The van der Waals surface area contributed by atoms with Crippen LogP contribution in [0.3, 0.4) is 0 Å². The fraction of sp³-hybridized carbons (Fsp3) is 0.375. The summed E-state index contributed by atoms with van der Waals surface area (Å²) in [5.74, 6) is 2.46. The summed E-state index contributed by atoms with van der Waals surface area (Å²) in [6, 6.07) is 8.20. The molecule has 3 heterocycles. The molecule has 0 radical (unpaired) electrons. The van der Waals surface area contributed by atoms with E-state index in [4.69, 9.17) is 4.74 Å². The fourth-order valence-corrected chi connectivity index (χ4v) is 2.75. The first-order chi connectivity index (χ1) is 10.8. The molecule has 4 rings (SSSR count). The van der Waals surface area contributed by atoms with Crippen LogP contribution in [0.5, 0.6) is 5.75 Å². The van der Waals surface area contributed by atoms with Crippen LogP contribution in [0.15, 0.2) is 34.3 Å². The molecule has 0 spiro atoms. The third kappa shape index (κ3) is 2.20. The molecule has 1 aromatic heterocycles. The second-order valence-corrected chi connectivity index (χ2v) is 5.44. The lowest BCUT2D eigenvalue weighted by molar-refractivity contribution is 0.325. The monoisotopic (exact) mass is 295 g/mol. The Labute approximate surface area is 128 Å². The summed E-state index contributed by atoms with van der Waals surface area (Å²) >= 11 is 0. The average Bonchev–Trinajstić information content (AvgIpc) is 2.92. The molecule has 112 valence electrons. The Hall–Kier alpha value is -2.50. The molecule has 0 saturated carbocycles. The topological polar surface area (TPSA) is 64.7 Å². The van der Waals surface area contributed by atoms with Crippen LogP contribution in [0.1, 0.15) is 31.4 Å². The molecule has 6 nitrogen and oxygen atoms in total. The van der Waals surface area contributed by atoms with Gasteiger partial charge in [-0.25, -0.2) is 14.7 Å². The molecule has 2 aromatic rings. The highest BCUT2D eigenvalue weighted by atomic mass is 16.5. The number of rotatable bonds is 2. The second-order valence-electron chi connectivity index (χ2n) is 5.44. The summed E-state index contributed by atoms with van der Waals surface area (Å²) in [4.78, 5) is 13.4. The number of nitrogens with zero attached hydrogens (tertiary/aromatic N) is 5. The molecular weight excluding hydrogens is 278 g/mol. The maximum absolute atomic E-state index is 5.76. The Morgan fingerprint density at radius 1 is 1.32 bits per heavy atom. The molecule has 1 unspecified atom stereocenters. The maximum Gasteiger partial charge on any atom is 0.196 e. The Morgan fingerprint density at radius 3 is 3.14 bits per heavy atom. The van der Waals surface area contributed by atoms with Crippen molar-refractivity contribution in [3.63, 3.8) is 0 Å². The van der Waals surface area contributed by atoms with E-state index in [1.807, 2.05) is 28.9 Å². The van der Waals surface area contributed by atoms with Gasteiger partial charge in [-0.05, 0) is 18.6 Å². The predicted octanol–water partition coefficient (Wildman–Crippen LogP) is 2.20. The van der Waals surface area contributed by atoms with Gasteiger partial charge in [0.25, 0.3) is 0 Å². The molecule has 1 atom stereocenters. The van der Waals surface area contributed by atoms with Crippen molar-refractivity contribution in [3.05, 3.63) is 35.9 Å². The minimum absolute atomic E-state index is 0.284. The van der Waals surface area contributed by atoms with Crippen LogP contribution in [0.2, 0.25) is 0 Å². The van der Waals surface area contributed by atoms with E-state index < -0.39 is 0 Å². The van der Waals surface area contributed by atoms with Crippen LogP contribution in [-0.4, -0.2) is 39.5 Å². The van der Waals surface area contributed by atoms with Gasteiger partial charge in [0.05, 0.1) is 18.4 Å². The number of aromatic nitrogens is 3. The molecule has 0 amide bonds. The predicted molar refractivity (Wildman–Crippen MR) is 84.3 cm³/mol. The van der Waals surface area contributed by atoms with Gasteiger partial charge in [0.2, 0.25) is 0 Å². The van der Waals surface area contributed by atoms with Crippen molar-refractivity contribution < 1.29 is 4.74 Å². The Kier molecular flexibility index (Phi) is 3.21. The van der Waals surface area contributed by atoms with E-state index in [1.165, 1.54) is 0 Å². The van der Waals surface area contributed by atoms with Gasteiger partial charge in [0.1, 0.15) is 23.6 Å². The summed E-state index contributed by atoms with van der Waals surface area (Å²) in [6.45, 7) is 2.75. The van der Waals surface area contributed by atoms with Crippen LogP contribution < -0.4 is 4.74 Å². The summed E-state index contributed by atoms with van der Waals surface area (Å²) in [5, 5.41) is 4.68. The number of benzene rings is 1. The van der Waals surface area contributed by atoms with E-state index in [1.54, 1.807) is 6.34 Å². The molecule has 0 aliphatic carbocycles. The van der Waals surface area contributed by atoms with Crippen LogP contribution in [-0.2, 0) is 6.42 Å². The number of hydrogen-bond acceptors (Lipinski definition) is 5. The minimum atomic E-state index is 0.284. The number of ether oxygens (including phenoxy) is 1. The van der Waals surface area contributed by atoms with Crippen LogP contribution in [0.25, 0.3) is 5.69 Å². The third-order valence-electron chi connectivity index (χ3n) is 4.00. The molecule has 1 aromatic carbocycles. The first-order valence-corrected chi connectivity index (χ1v) is 7.62.